The third-order valence-corrected chi connectivity index (χ3v) is 6.62. The number of halogens is 1. The molecule has 0 unspecified atom stereocenters. The molecule has 0 aliphatic rings. The highest BCUT2D eigenvalue weighted by Gasteiger charge is 2.22. The summed E-state index contributed by atoms with van der Waals surface area (Å²) in [4.78, 5) is 13.5. The fourth-order valence-corrected chi connectivity index (χ4v) is 4.65. The van der Waals surface area contributed by atoms with Crippen LogP contribution in [0.5, 0.6) is 0 Å². The second kappa shape index (κ2) is 9.52. The Morgan fingerprint density at radius 1 is 1.03 bits per heavy atom. The van der Waals surface area contributed by atoms with Crippen LogP contribution in [0, 0.1) is 0 Å². The van der Waals surface area contributed by atoms with Crippen LogP contribution in [0.2, 0.25) is 5.02 Å². The van der Waals surface area contributed by atoms with Crippen molar-refractivity contribution in [2.24, 2.45) is 0 Å². The van der Waals surface area contributed by atoms with E-state index in [1.54, 1.807) is 23.9 Å². The number of amides is 1. The van der Waals surface area contributed by atoms with Crippen LogP contribution in [0.3, 0.4) is 0 Å². The van der Waals surface area contributed by atoms with Gasteiger partial charge in [0.15, 0.2) is 0 Å². The topological polar surface area (TPSA) is 66.5 Å². The molecule has 0 aliphatic heterocycles. The Morgan fingerprint density at radius 2 is 1.72 bits per heavy atom. The molecule has 0 heterocycles. The first-order chi connectivity index (χ1) is 13.8. The number of carbonyl (C=O) groups is 1. The number of fused-ring (bicyclic) bond motifs is 1. The largest absolute Gasteiger partial charge is 0.354 e. The van der Waals surface area contributed by atoms with E-state index in [9.17, 15) is 13.2 Å². The number of benzene rings is 3. The second-order valence-corrected chi connectivity index (χ2v) is 9.93. The van der Waals surface area contributed by atoms with Crippen LogP contribution in [0.15, 0.2) is 71.6 Å². The van der Waals surface area contributed by atoms with Gasteiger partial charge in [-0.3, -0.25) is 9.10 Å². The van der Waals surface area contributed by atoms with Gasteiger partial charge >= 0.3 is 0 Å². The molecule has 0 radical (unpaired) electrons. The van der Waals surface area contributed by atoms with Crippen molar-refractivity contribution in [3.63, 3.8) is 0 Å². The lowest BCUT2D eigenvalue weighted by molar-refractivity contribution is -0.119. The van der Waals surface area contributed by atoms with Crippen molar-refractivity contribution in [1.82, 2.24) is 5.32 Å². The van der Waals surface area contributed by atoms with E-state index < -0.39 is 10.0 Å². The van der Waals surface area contributed by atoms with Crippen LogP contribution in [-0.4, -0.2) is 39.4 Å². The zero-order valence-electron chi connectivity index (χ0n) is 15.8. The fraction of sp³-hybridized carbons (Fsp3) is 0.190. The minimum atomic E-state index is -3.63. The molecule has 0 spiro atoms. The highest BCUT2D eigenvalue weighted by molar-refractivity contribution is 7.99. The first-order valence-corrected chi connectivity index (χ1v) is 12.2. The molecule has 0 aliphatic carbocycles. The summed E-state index contributed by atoms with van der Waals surface area (Å²) in [6.07, 6.45) is 1.11. The standard InChI is InChI=1S/C21H21ClN2O3S2/c1-29(26,27)24(20-8-4-6-16-5-2-3-7-19(16)20)15-21(25)23-13-14-28-18-11-9-17(22)10-12-18/h2-12H,13-15H2,1H3,(H,23,25). The molecule has 0 saturated heterocycles. The van der Waals surface area contributed by atoms with Crippen molar-refractivity contribution < 1.29 is 13.2 Å². The van der Waals surface area contributed by atoms with E-state index in [2.05, 4.69) is 5.32 Å². The molecule has 0 fully saturated rings. The Labute approximate surface area is 180 Å². The average Bonchev–Trinajstić information content (AvgIpc) is 2.69. The number of hydrogen-bond donors (Lipinski definition) is 1. The summed E-state index contributed by atoms with van der Waals surface area (Å²) >= 11 is 7.46. The van der Waals surface area contributed by atoms with Crippen molar-refractivity contribution in [3.05, 3.63) is 71.8 Å². The quantitative estimate of drug-likeness (QED) is 0.415. The van der Waals surface area contributed by atoms with E-state index in [-0.39, 0.29) is 12.5 Å². The molecular weight excluding hydrogens is 428 g/mol. The summed E-state index contributed by atoms with van der Waals surface area (Å²) in [7, 11) is -3.63. The Hall–Kier alpha value is -2.22. The third kappa shape index (κ3) is 5.88. The molecule has 0 saturated carbocycles. The number of hydrogen-bond acceptors (Lipinski definition) is 4. The van der Waals surface area contributed by atoms with Gasteiger partial charge in [0, 0.05) is 27.6 Å². The number of nitrogens with one attached hydrogen (secondary N) is 1. The Balaban J connectivity index is 1.64. The molecule has 1 amide bonds. The maximum Gasteiger partial charge on any atom is 0.240 e. The maximum atomic E-state index is 12.4. The number of rotatable bonds is 8. The molecule has 1 N–H and O–H groups in total. The molecule has 29 heavy (non-hydrogen) atoms. The van der Waals surface area contributed by atoms with Crippen LogP contribution in [0.25, 0.3) is 10.8 Å². The lowest BCUT2D eigenvalue weighted by Gasteiger charge is -2.23. The van der Waals surface area contributed by atoms with Crippen molar-refractivity contribution >= 4 is 55.8 Å². The summed E-state index contributed by atoms with van der Waals surface area (Å²) in [5.74, 6) is 0.320. The molecule has 3 aromatic carbocycles. The Morgan fingerprint density at radius 3 is 2.45 bits per heavy atom. The lowest BCUT2D eigenvalue weighted by Crippen LogP contribution is -2.41. The SMILES string of the molecule is CS(=O)(=O)N(CC(=O)NCCSc1ccc(Cl)cc1)c1cccc2ccccc12. The Kier molecular flexibility index (Phi) is 7.05. The molecule has 8 heteroatoms. The van der Waals surface area contributed by atoms with E-state index in [1.807, 2.05) is 54.6 Å². The molecular formula is C21H21ClN2O3S2. The van der Waals surface area contributed by atoms with E-state index in [0.717, 1.165) is 26.2 Å². The molecule has 0 atom stereocenters. The van der Waals surface area contributed by atoms with Gasteiger partial charge in [-0.2, -0.15) is 0 Å². The molecule has 5 nitrogen and oxygen atoms in total. The van der Waals surface area contributed by atoms with Gasteiger partial charge in [0.2, 0.25) is 15.9 Å². The van der Waals surface area contributed by atoms with Gasteiger partial charge in [-0.15, -0.1) is 11.8 Å². The summed E-state index contributed by atoms with van der Waals surface area (Å²) in [6.45, 7) is 0.164. The second-order valence-electron chi connectivity index (χ2n) is 6.42. The van der Waals surface area contributed by atoms with Gasteiger partial charge in [-0.05, 0) is 35.7 Å². The first kappa shape index (κ1) is 21.5. The Bertz CT molecular complexity index is 1100. The van der Waals surface area contributed by atoms with Gasteiger partial charge in [0.1, 0.15) is 6.54 Å². The van der Waals surface area contributed by atoms with Gasteiger partial charge in [0.05, 0.1) is 11.9 Å². The predicted molar refractivity (Wildman–Crippen MR) is 121 cm³/mol. The molecule has 3 aromatic rings. The molecule has 0 bridgehead atoms. The monoisotopic (exact) mass is 448 g/mol. The van der Waals surface area contributed by atoms with Gasteiger partial charge in [0.25, 0.3) is 0 Å². The number of thioether (sulfide) groups is 1. The molecule has 152 valence electrons. The first-order valence-electron chi connectivity index (χ1n) is 8.95. The zero-order chi connectivity index (χ0) is 20.9. The summed E-state index contributed by atoms with van der Waals surface area (Å²) in [6, 6.07) is 20.4. The van der Waals surface area contributed by atoms with Crippen LogP contribution in [0.1, 0.15) is 0 Å². The van der Waals surface area contributed by atoms with E-state index >= 15 is 0 Å². The normalized spacial score (nSPS) is 11.4. The summed E-state index contributed by atoms with van der Waals surface area (Å²) in [5, 5.41) is 5.17. The summed E-state index contributed by atoms with van der Waals surface area (Å²) in [5.41, 5.74) is 0.497. The van der Waals surface area contributed by atoms with Crippen molar-refractivity contribution in [3.8, 4) is 0 Å². The third-order valence-electron chi connectivity index (χ3n) is 4.23. The number of sulfonamides is 1. The zero-order valence-corrected chi connectivity index (χ0v) is 18.2. The van der Waals surface area contributed by atoms with Gasteiger partial charge in [-0.25, -0.2) is 8.42 Å². The number of anilines is 1. The van der Waals surface area contributed by atoms with Crippen molar-refractivity contribution in [2.45, 2.75) is 4.90 Å². The minimum Gasteiger partial charge on any atom is -0.354 e. The average molecular weight is 449 g/mol. The van der Waals surface area contributed by atoms with Crippen LogP contribution in [-0.2, 0) is 14.8 Å². The lowest BCUT2D eigenvalue weighted by atomic mass is 10.1. The summed E-state index contributed by atoms with van der Waals surface area (Å²) < 4.78 is 25.9. The molecule has 0 aromatic heterocycles. The number of nitrogens with zero attached hydrogens (tertiary/aromatic N) is 1. The smallest absolute Gasteiger partial charge is 0.240 e. The van der Waals surface area contributed by atoms with Crippen LogP contribution in [0.4, 0.5) is 5.69 Å². The highest BCUT2D eigenvalue weighted by Crippen LogP contribution is 2.28. The van der Waals surface area contributed by atoms with E-state index in [0.29, 0.717) is 23.0 Å². The van der Waals surface area contributed by atoms with Crippen molar-refractivity contribution in [1.29, 1.82) is 0 Å². The van der Waals surface area contributed by atoms with E-state index in [1.165, 1.54) is 0 Å². The molecule has 3 rings (SSSR count). The maximum absolute atomic E-state index is 12.4. The fourth-order valence-electron chi connectivity index (χ4n) is 2.88. The minimum absolute atomic E-state index is 0.265. The number of carbonyl (C=O) groups excluding carboxylic acids is 1. The van der Waals surface area contributed by atoms with Gasteiger partial charge in [-0.1, -0.05) is 48.0 Å². The highest BCUT2D eigenvalue weighted by atomic mass is 35.5. The predicted octanol–water partition coefficient (Wildman–Crippen LogP) is 4.17. The van der Waals surface area contributed by atoms with Gasteiger partial charge < -0.3 is 5.32 Å². The van der Waals surface area contributed by atoms with Crippen LogP contribution >= 0.6 is 23.4 Å². The van der Waals surface area contributed by atoms with Crippen molar-refractivity contribution in [2.75, 3.05) is 29.4 Å². The van der Waals surface area contributed by atoms with E-state index in [4.69, 9.17) is 11.6 Å². The van der Waals surface area contributed by atoms with Crippen LogP contribution < -0.4 is 9.62 Å².